The first-order chi connectivity index (χ1) is 7.41. The van der Waals surface area contributed by atoms with Crippen molar-refractivity contribution < 1.29 is 14.1 Å². The average molecular weight is 266 g/mol. The zero-order chi connectivity index (χ0) is 12.3. The van der Waals surface area contributed by atoms with E-state index < -0.39 is 16.4 Å². The Morgan fingerprint density at radius 3 is 2.75 bits per heavy atom. The molecule has 0 saturated heterocycles. The quantitative estimate of drug-likeness (QED) is 0.618. The summed E-state index contributed by atoms with van der Waals surface area (Å²) in [6, 6.07) is 1.71. The molecule has 0 atom stereocenters. The number of hydrogen-bond acceptors (Lipinski definition) is 3. The zero-order valence-electron chi connectivity index (χ0n) is 7.87. The number of nitro groups is 1. The van der Waals surface area contributed by atoms with E-state index in [0.29, 0.717) is 0 Å². The molecule has 0 aliphatic rings. The summed E-state index contributed by atoms with van der Waals surface area (Å²) in [5, 5.41) is 10.6. The van der Waals surface area contributed by atoms with Gasteiger partial charge < -0.3 is 4.74 Å². The Bertz CT molecular complexity index is 451. The molecule has 16 heavy (non-hydrogen) atoms. The third-order valence-electron chi connectivity index (χ3n) is 1.58. The monoisotopic (exact) mass is 265 g/mol. The van der Waals surface area contributed by atoms with E-state index in [9.17, 15) is 14.5 Å². The van der Waals surface area contributed by atoms with Crippen LogP contribution in [0.1, 0.15) is 0 Å². The van der Waals surface area contributed by atoms with Crippen molar-refractivity contribution in [2.45, 2.75) is 0 Å². The van der Waals surface area contributed by atoms with Crippen LogP contribution in [0.4, 0.5) is 10.1 Å². The lowest BCUT2D eigenvalue weighted by Gasteiger charge is -2.06. The van der Waals surface area contributed by atoms with Crippen LogP contribution in [0.2, 0.25) is 5.02 Å². The minimum absolute atomic E-state index is 0.0171. The highest BCUT2D eigenvalue weighted by atomic mass is 35.5. The molecule has 1 aromatic carbocycles. The molecule has 1 aromatic rings. The summed E-state index contributed by atoms with van der Waals surface area (Å²) in [7, 11) is 0. The number of benzene rings is 1. The fourth-order valence-corrected chi connectivity index (χ4v) is 1.18. The Morgan fingerprint density at radius 2 is 2.25 bits per heavy atom. The van der Waals surface area contributed by atoms with E-state index in [1.165, 1.54) is 0 Å². The normalized spacial score (nSPS) is 9.94. The second kappa shape index (κ2) is 5.14. The lowest BCUT2D eigenvalue weighted by atomic mass is 10.3. The van der Waals surface area contributed by atoms with E-state index in [1.54, 1.807) is 0 Å². The van der Waals surface area contributed by atoms with Crippen LogP contribution in [0.15, 0.2) is 23.7 Å². The average Bonchev–Trinajstić information content (AvgIpc) is 2.15. The Morgan fingerprint density at radius 1 is 1.62 bits per heavy atom. The third-order valence-corrected chi connectivity index (χ3v) is 1.99. The summed E-state index contributed by atoms with van der Waals surface area (Å²) < 4.78 is 18.1. The molecule has 0 radical (unpaired) electrons. The molecule has 0 aliphatic heterocycles. The van der Waals surface area contributed by atoms with Crippen molar-refractivity contribution in [2.24, 2.45) is 0 Å². The van der Waals surface area contributed by atoms with Gasteiger partial charge in [-0.25, -0.2) is 0 Å². The first kappa shape index (κ1) is 12.7. The molecular formula is C9H6Cl2FNO3. The molecule has 0 aromatic heterocycles. The molecule has 0 amide bonds. The number of halogens is 3. The summed E-state index contributed by atoms with van der Waals surface area (Å²) >= 11 is 11.1. The molecule has 0 aliphatic carbocycles. The standard InChI is InChI=1S/C9H6Cl2FNO3/c1-5(10)4-16-9-3-8(13(14)15)7(12)2-6(9)11/h2-3H,1,4H2. The van der Waals surface area contributed by atoms with Gasteiger partial charge in [-0.15, -0.1) is 0 Å². The molecule has 86 valence electrons. The number of nitro benzene ring substituents is 1. The van der Waals surface area contributed by atoms with Crippen LogP contribution in [0.3, 0.4) is 0 Å². The van der Waals surface area contributed by atoms with E-state index in [0.717, 1.165) is 12.1 Å². The van der Waals surface area contributed by atoms with Crippen molar-refractivity contribution in [1.29, 1.82) is 0 Å². The summed E-state index contributed by atoms with van der Waals surface area (Å²) in [6.45, 7) is 3.30. The molecule has 0 N–H and O–H groups in total. The first-order valence-corrected chi connectivity index (χ1v) is 4.77. The molecule has 0 fully saturated rings. The van der Waals surface area contributed by atoms with Gasteiger partial charge in [-0.2, -0.15) is 4.39 Å². The van der Waals surface area contributed by atoms with Gasteiger partial charge in [0, 0.05) is 11.1 Å². The second-order valence-electron chi connectivity index (χ2n) is 2.80. The summed E-state index contributed by atoms with van der Waals surface area (Å²) in [5.74, 6) is -1.04. The van der Waals surface area contributed by atoms with Crippen molar-refractivity contribution in [2.75, 3.05) is 6.61 Å². The van der Waals surface area contributed by atoms with Crippen molar-refractivity contribution in [3.05, 3.63) is 44.7 Å². The molecule has 0 spiro atoms. The lowest BCUT2D eigenvalue weighted by Crippen LogP contribution is -1.99. The Hall–Kier alpha value is -1.33. The number of ether oxygens (including phenoxy) is 1. The van der Waals surface area contributed by atoms with Gasteiger partial charge in [0.05, 0.1) is 16.0 Å². The van der Waals surface area contributed by atoms with Gasteiger partial charge in [-0.05, 0) is 0 Å². The summed E-state index contributed by atoms with van der Waals surface area (Å²) in [6.07, 6.45) is 0. The van der Waals surface area contributed by atoms with Crippen LogP contribution >= 0.6 is 23.2 Å². The molecule has 0 saturated carbocycles. The van der Waals surface area contributed by atoms with Crippen LogP contribution in [0.25, 0.3) is 0 Å². The fraction of sp³-hybridized carbons (Fsp3) is 0.111. The molecular weight excluding hydrogens is 260 g/mol. The van der Waals surface area contributed by atoms with Crippen LogP contribution in [-0.2, 0) is 0 Å². The predicted octanol–water partition coefficient (Wildman–Crippen LogP) is 3.52. The van der Waals surface area contributed by atoms with Crippen molar-refractivity contribution in [3.63, 3.8) is 0 Å². The first-order valence-electron chi connectivity index (χ1n) is 4.01. The van der Waals surface area contributed by atoms with E-state index in [2.05, 4.69) is 6.58 Å². The maximum atomic E-state index is 13.1. The molecule has 4 nitrogen and oxygen atoms in total. The van der Waals surface area contributed by atoms with Crippen molar-refractivity contribution in [3.8, 4) is 5.75 Å². The van der Waals surface area contributed by atoms with Gasteiger partial charge in [0.25, 0.3) is 0 Å². The topological polar surface area (TPSA) is 52.4 Å². The molecule has 0 bridgehead atoms. The van der Waals surface area contributed by atoms with Gasteiger partial charge in [0.2, 0.25) is 5.82 Å². The van der Waals surface area contributed by atoms with Crippen LogP contribution in [0, 0.1) is 15.9 Å². The van der Waals surface area contributed by atoms with Gasteiger partial charge in [0.1, 0.15) is 12.4 Å². The van der Waals surface area contributed by atoms with Crippen LogP contribution in [0.5, 0.6) is 5.75 Å². The minimum atomic E-state index is -1.02. The Kier molecular flexibility index (Phi) is 4.09. The highest BCUT2D eigenvalue weighted by Gasteiger charge is 2.18. The third kappa shape index (κ3) is 3.08. The SMILES string of the molecule is C=C(Cl)COc1cc([N+](=O)[O-])c(F)cc1Cl. The van der Waals surface area contributed by atoms with Crippen LogP contribution in [-0.4, -0.2) is 11.5 Å². The van der Waals surface area contributed by atoms with E-state index in [4.69, 9.17) is 27.9 Å². The van der Waals surface area contributed by atoms with E-state index >= 15 is 0 Å². The Labute approximate surface area is 100 Å². The highest BCUT2D eigenvalue weighted by Crippen LogP contribution is 2.31. The largest absolute Gasteiger partial charge is 0.486 e. The zero-order valence-corrected chi connectivity index (χ0v) is 9.39. The van der Waals surface area contributed by atoms with E-state index in [1.807, 2.05) is 0 Å². The van der Waals surface area contributed by atoms with Crippen molar-refractivity contribution in [1.82, 2.24) is 0 Å². The molecule has 7 heteroatoms. The predicted molar refractivity (Wildman–Crippen MR) is 58.6 cm³/mol. The summed E-state index contributed by atoms with van der Waals surface area (Å²) in [4.78, 5) is 9.58. The van der Waals surface area contributed by atoms with E-state index in [-0.39, 0.29) is 22.4 Å². The minimum Gasteiger partial charge on any atom is -0.486 e. The highest BCUT2D eigenvalue weighted by molar-refractivity contribution is 6.32. The maximum absolute atomic E-state index is 13.1. The molecule has 0 unspecified atom stereocenters. The van der Waals surface area contributed by atoms with Gasteiger partial charge in [0.15, 0.2) is 0 Å². The van der Waals surface area contributed by atoms with Gasteiger partial charge in [-0.1, -0.05) is 29.8 Å². The number of nitrogens with zero attached hydrogens (tertiary/aromatic N) is 1. The van der Waals surface area contributed by atoms with Gasteiger partial charge in [-0.3, -0.25) is 10.1 Å². The van der Waals surface area contributed by atoms with Gasteiger partial charge >= 0.3 is 5.69 Å². The molecule has 1 rings (SSSR count). The van der Waals surface area contributed by atoms with Crippen molar-refractivity contribution >= 4 is 28.9 Å². The Balaban J connectivity index is 3.05. The second-order valence-corrected chi connectivity index (χ2v) is 3.74. The smallest absolute Gasteiger partial charge is 0.308 e. The summed E-state index contributed by atoms with van der Waals surface area (Å²) in [5.41, 5.74) is -0.709. The number of hydrogen-bond donors (Lipinski definition) is 0. The lowest BCUT2D eigenvalue weighted by molar-refractivity contribution is -0.387. The number of rotatable bonds is 4. The maximum Gasteiger partial charge on any atom is 0.308 e. The molecule has 0 heterocycles. The fourth-order valence-electron chi connectivity index (χ4n) is 0.925. The van der Waals surface area contributed by atoms with Crippen LogP contribution < -0.4 is 4.74 Å².